The van der Waals surface area contributed by atoms with Crippen molar-refractivity contribution in [3.05, 3.63) is 23.2 Å². The number of hydrogen-bond acceptors (Lipinski definition) is 3. The Hall–Kier alpha value is -1.13. The first kappa shape index (κ1) is 12.3. The standard InChI is InChI=1S/C12H14ClN3S/c1-2-3-12-16-9-5-4-8(6-10(9)17-12)15-11(14)7-13/h4-6H,2-3,7H2,1H3,(H2,14,15). The van der Waals surface area contributed by atoms with E-state index >= 15 is 0 Å². The summed E-state index contributed by atoms with van der Waals surface area (Å²) in [7, 11) is 0. The molecule has 0 saturated heterocycles. The lowest BCUT2D eigenvalue weighted by molar-refractivity contribution is 0.913. The van der Waals surface area contributed by atoms with Gasteiger partial charge in [0.05, 0.1) is 26.8 Å². The van der Waals surface area contributed by atoms with E-state index in [1.807, 2.05) is 18.2 Å². The summed E-state index contributed by atoms with van der Waals surface area (Å²) in [6.07, 6.45) is 2.14. The molecule has 2 rings (SSSR count). The van der Waals surface area contributed by atoms with Crippen LogP contribution >= 0.6 is 22.9 Å². The number of rotatable bonds is 4. The van der Waals surface area contributed by atoms with E-state index < -0.39 is 0 Å². The van der Waals surface area contributed by atoms with E-state index in [1.165, 1.54) is 5.01 Å². The zero-order valence-electron chi connectivity index (χ0n) is 9.61. The number of aromatic nitrogens is 1. The van der Waals surface area contributed by atoms with Crippen molar-refractivity contribution in [2.24, 2.45) is 10.7 Å². The summed E-state index contributed by atoms with van der Waals surface area (Å²) in [4.78, 5) is 8.78. The molecule has 0 bridgehead atoms. The van der Waals surface area contributed by atoms with Crippen LogP contribution in [0.5, 0.6) is 0 Å². The molecule has 0 aliphatic rings. The van der Waals surface area contributed by atoms with Gasteiger partial charge in [0, 0.05) is 0 Å². The summed E-state index contributed by atoms with van der Waals surface area (Å²) in [6.45, 7) is 2.16. The maximum Gasteiger partial charge on any atom is 0.115 e. The Bertz CT molecular complexity index is 548. The topological polar surface area (TPSA) is 51.3 Å². The van der Waals surface area contributed by atoms with Gasteiger partial charge in [-0.05, 0) is 31.0 Å². The minimum absolute atomic E-state index is 0.252. The summed E-state index contributed by atoms with van der Waals surface area (Å²) in [5.74, 6) is 0.686. The molecule has 0 radical (unpaired) electrons. The number of benzene rings is 1. The normalized spacial score (nSPS) is 12.2. The highest BCUT2D eigenvalue weighted by atomic mass is 35.5. The van der Waals surface area contributed by atoms with Crippen LogP contribution in [0.25, 0.3) is 10.2 Å². The molecule has 5 heteroatoms. The number of amidine groups is 1. The van der Waals surface area contributed by atoms with Gasteiger partial charge < -0.3 is 5.73 Å². The van der Waals surface area contributed by atoms with Crippen molar-refractivity contribution in [3.63, 3.8) is 0 Å². The summed E-state index contributed by atoms with van der Waals surface area (Å²) in [5, 5.41) is 1.17. The molecular weight excluding hydrogens is 254 g/mol. The largest absolute Gasteiger partial charge is 0.386 e. The lowest BCUT2D eigenvalue weighted by atomic mass is 10.3. The van der Waals surface area contributed by atoms with E-state index in [0.29, 0.717) is 5.84 Å². The molecule has 1 heterocycles. The van der Waals surface area contributed by atoms with Gasteiger partial charge in [-0.15, -0.1) is 22.9 Å². The third-order valence-corrected chi connectivity index (χ3v) is 3.64. The van der Waals surface area contributed by atoms with E-state index in [4.69, 9.17) is 17.3 Å². The number of nitrogens with two attached hydrogens (primary N) is 1. The van der Waals surface area contributed by atoms with Crippen molar-refractivity contribution < 1.29 is 0 Å². The molecule has 0 atom stereocenters. The number of aryl methyl sites for hydroxylation is 1. The van der Waals surface area contributed by atoms with Crippen molar-refractivity contribution in [3.8, 4) is 0 Å². The lowest BCUT2D eigenvalue weighted by Gasteiger charge is -1.95. The Labute approximate surface area is 109 Å². The fourth-order valence-electron chi connectivity index (χ4n) is 1.55. The number of hydrogen-bond donors (Lipinski definition) is 1. The van der Waals surface area contributed by atoms with Crippen LogP contribution in [0.3, 0.4) is 0 Å². The van der Waals surface area contributed by atoms with Crippen molar-refractivity contribution in [1.29, 1.82) is 0 Å². The van der Waals surface area contributed by atoms with E-state index in [0.717, 1.165) is 28.7 Å². The first-order valence-electron chi connectivity index (χ1n) is 5.51. The molecule has 1 aromatic carbocycles. The van der Waals surface area contributed by atoms with Gasteiger partial charge in [0.25, 0.3) is 0 Å². The number of halogens is 1. The second kappa shape index (κ2) is 5.47. The monoisotopic (exact) mass is 267 g/mol. The zero-order valence-corrected chi connectivity index (χ0v) is 11.2. The second-order valence-corrected chi connectivity index (χ2v) is 5.13. The Kier molecular flexibility index (Phi) is 3.97. The third kappa shape index (κ3) is 2.96. The van der Waals surface area contributed by atoms with Crippen molar-refractivity contribution in [2.45, 2.75) is 19.8 Å². The molecule has 0 amide bonds. The SMILES string of the molecule is CCCc1nc2ccc(N=C(N)CCl)cc2s1. The molecule has 1 aromatic heterocycles. The van der Waals surface area contributed by atoms with Crippen LogP contribution in [0.1, 0.15) is 18.4 Å². The Balaban J connectivity index is 2.36. The molecule has 0 fully saturated rings. The molecule has 2 aromatic rings. The predicted molar refractivity (Wildman–Crippen MR) is 75.6 cm³/mol. The number of nitrogens with zero attached hydrogens (tertiary/aromatic N) is 2. The molecule has 0 unspecified atom stereocenters. The molecule has 90 valence electrons. The van der Waals surface area contributed by atoms with Gasteiger partial charge in [0.15, 0.2) is 0 Å². The summed E-state index contributed by atoms with van der Waals surface area (Å²) < 4.78 is 1.15. The van der Waals surface area contributed by atoms with Crippen molar-refractivity contribution >= 4 is 44.7 Å². The zero-order chi connectivity index (χ0) is 12.3. The first-order chi connectivity index (χ1) is 8.22. The van der Waals surface area contributed by atoms with E-state index in [-0.39, 0.29) is 5.88 Å². The van der Waals surface area contributed by atoms with E-state index in [9.17, 15) is 0 Å². The Morgan fingerprint density at radius 3 is 3.06 bits per heavy atom. The van der Waals surface area contributed by atoms with Gasteiger partial charge in [-0.2, -0.15) is 0 Å². The number of aliphatic imine (C=N–C) groups is 1. The summed E-state index contributed by atoms with van der Waals surface area (Å²) in [6, 6.07) is 5.90. The summed E-state index contributed by atoms with van der Waals surface area (Å²) in [5.41, 5.74) is 7.47. The number of fused-ring (bicyclic) bond motifs is 1. The van der Waals surface area contributed by atoms with Crippen molar-refractivity contribution in [2.75, 3.05) is 5.88 Å². The Morgan fingerprint density at radius 2 is 2.35 bits per heavy atom. The van der Waals surface area contributed by atoms with Gasteiger partial charge in [-0.1, -0.05) is 6.92 Å². The molecule has 0 saturated carbocycles. The average molecular weight is 268 g/mol. The molecule has 17 heavy (non-hydrogen) atoms. The van der Waals surface area contributed by atoms with Crippen LogP contribution in [0.2, 0.25) is 0 Å². The first-order valence-corrected chi connectivity index (χ1v) is 6.86. The number of alkyl halides is 1. The lowest BCUT2D eigenvalue weighted by Crippen LogP contribution is -2.12. The van der Waals surface area contributed by atoms with Crippen LogP contribution in [0.4, 0.5) is 5.69 Å². The molecule has 0 aliphatic heterocycles. The van der Waals surface area contributed by atoms with Crippen LogP contribution in [0, 0.1) is 0 Å². The third-order valence-electron chi connectivity index (χ3n) is 2.29. The van der Waals surface area contributed by atoms with Crippen LogP contribution in [-0.2, 0) is 6.42 Å². The maximum absolute atomic E-state index is 5.61. The van der Waals surface area contributed by atoms with Gasteiger partial charge in [-0.3, -0.25) is 0 Å². The van der Waals surface area contributed by atoms with Crippen LogP contribution in [-0.4, -0.2) is 16.7 Å². The second-order valence-electron chi connectivity index (χ2n) is 3.75. The van der Waals surface area contributed by atoms with E-state index in [1.54, 1.807) is 11.3 Å². The highest BCUT2D eigenvalue weighted by Gasteiger charge is 2.03. The fourth-order valence-corrected chi connectivity index (χ4v) is 2.71. The molecule has 0 aliphatic carbocycles. The van der Waals surface area contributed by atoms with Gasteiger partial charge in [0.2, 0.25) is 0 Å². The minimum Gasteiger partial charge on any atom is -0.386 e. The van der Waals surface area contributed by atoms with Gasteiger partial charge in [-0.25, -0.2) is 9.98 Å². The van der Waals surface area contributed by atoms with Crippen molar-refractivity contribution in [1.82, 2.24) is 4.98 Å². The molecule has 3 nitrogen and oxygen atoms in total. The highest BCUT2D eigenvalue weighted by molar-refractivity contribution is 7.18. The molecule has 2 N–H and O–H groups in total. The van der Waals surface area contributed by atoms with Crippen LogP contribution < -0.4 is 5.73 Å². The quantitative estimate of drug-likeness (QED) is 0.524. The highest BCUT2D eigenvalue weighted by Crippen LogP contribution is 2.27. The maximum atomic E-state index is 5.61. The van der Waals surface area contributed by atoms with Crippen LogP contribution in [0.15, 0.2) is 23.2 Å². The number of thiazole rings is 1. The fraction of sp³-hybridized carbons (Fsp3) is 0.333. The Morgan fingerprint density at radius 1 is 1.53 bits per heavy atom. The predicted octanol–water partition coefficient (Wildman–Crippen LogP) is 3.48. The molecular formula is C12H14ClN3S. The summed E-state index contributed by atoms with van der Waals surface area (Å²) >= 11 is 7.32. The van der Waals surface area contributed by atoms with Gasteiger partial charge >= 0.3 is 0 Å². The minimum atomic E-state index is 0.252. The molecule has 0 spiro atoms. The smallest absolute Gasteiger partial charge is 0.115 e. The van der Waals surface area contributed by atoms with E-state index in [2.05, 4.69) is 16.9 Å². The average Bonchev–Trinajstić information content (AvgIpc) is 2.71. The van der Waals surface area contributed by atoms with Gasteiger partial charge in [0.1, 0.15) is 5.84 Å².